The molecule has 1 aliphatic rings. The normalized spacial score (nSPS) is 16.5. The SMILES string of the molecule is C#CCC(C)(C)c1nnc(-c2cc3c(cc2F)SC[C@H](CC(C)(C)NC(=O)O)C(=O)N3)o1. The lowest BCUT2D eigenvalue weighted by Crippen LogP contribution is -2.45. The summed E-state index contributed by atoms with van der Waals surface area (Å²) in [6.07, 6.45) is 4.91. The van der Waals surface area contributed by atoms with E-state index in [9.17, 15) is 14.0 Å². The van der Waals surface area contributed by atoms with Crippen LogP contribution in [0.3, 0.4) is 0 Å². The molecule has 0 bridgehead atoms. The zero-order valence-electron chi connectivity index (χ0n) is 18.3. The molecule has 2 aromatic rings. The number of hydrogen-bond donors (Lipinski definition) is 3. The summed E-state index contributed by atoms with van der Waals surface area (Å²) in [6.45, 7) is 7.14. The maximum absolute atomic E-state index is 14.9. The van der Waals surface area contributed by atoms with Crippen molar-refractivity contribution < 1.29 is 23.5 Å². The van der Waals surface area contributed by atoms with E-state index in [1.54, 1.807) is 13.8 Å². The number of carbonyl (C=O) groups is 2. The molecule has 2 amide bonds. The van der Waals surface area contributed by atoms with Gasteiger partial charge in [0.1, 0.15) is 5.82 Å². The number of rotatable bonds is 6. The monoisotopic (exact) mass is 460 g/mol. The quantitative estimate of drug-likeness (QED) is 0.551. The Morgan fingerprint density at radius 2 is 2.12 bits per heavy atom. The Morgan fingerprint density at radius 3 is 2.78 bits per heavy atom. The van der Waals surface area contributed by atoms with Crippen molar-refractivity contribution in [2.24, 2.45) is 5.92 Å². The maximum Gasteiger partial charge on any atom is 0.405 e. The fourth-order valence-electron chi connectivity index (χ4n) is 3.48. The van der Waals surface area contributed by atoms with Crippen molar-refractivity contribution >= 4 is 29.4 Å². The van der Waals surface area contributed by atoms with E-state index >= 15 is 0 Å². The third kappa shape index (κ3) is 5.22. The molecule has 0 saturated carbocycles. The van der Waals surface area contributed by atoms with Crippen molar-refractivity contribution in [3.8, 4) is 23.8 Å². The molecule has 32 heavy (non-hydrogen) atoms. The zero-order valence-corrected chi connectivity index (χ0v) is 19.1. The summed E-state index contributed by atoms with van der Waals surface area (Å²) >= 11 is 1.33. The van der Waals surface area contributed by atoms with Crippen LogP contribution in [0.4, 0.5) is 14.9 Å². The van der Waals surface area contributed by atoms with Gasteiger partial charge in [0, 0.05) is 28.5 Å². The lowest BCUT2D eigenvalue weighted by atomic mass is 9.90. The highest BCUT2D eigenvalue weighted by molar-refractivity contribution is 7.99. The van der Waals surface area contributed by atoms with Gasteiger partial charge in [-0.05, 0) is 32.4 Å². The average Bonchev–Trinajstić information content (AvgIpc) is 3.11. The van der Waals surface area contributed by atoms with Gasteiger partial charge in [0.2, 0.25) is 11.8 Å². The number of fused-ring (bicyclic) bond motifs is 1. The highest BCUT2D eigenvalue weighted by atomic mass is 32.2. The Morgan fingerprint density at radius 1 is 1.41 bits per heavy atom. The smallest absolute Gasteiger partial charge is 0.405 e. The highest BCUT2D eigenvalue weighted by Gasteiger charge is 2.33. The van der Waals surface area contributed by atoms with Gasteiger partial charge in [-0.1, -0.05) is 13.8 Å². The fourth-order valence-corrected chi connectivity index (χ4v) is 4.58. The second-order valence-corrected chi connectivity index (χ2v) is 10.1. The van der Waals surface area contributed by atoms with Crippen LogP contribution in [0.1, 0.15) is 46.4 Å². The van der Waals surface area contributed by atoms with Crippen molar-refractivity contribution in [2.45, 2.75) is 56.4 Å². The van der Waals surface area contributed by atoms with Gasteiger partial charge < -0.3 is 20.2 Å². The number of hydrogen-bond acceptors (Lipinski definition) is 6. The van der Waals surface area contributed by atoms with Gasteiger partial charge in [0.05, 0.1) is 16.7 Å². The van der Waals surface area contributed by atoms with Crippen LogP contribution in [0.15, 0.2) is 21.4 Å². The molecule has 8 nitrogen and oxygen atoms in total. The van der Waals surface area contributed by atoms with Crippen LogP contribution in [0, 0.1) is 24.1 Å². The number of terminal acetylenes is 1. The number of carbonyl (C=O) groups excluding carboxylic acids is 1. The van der Waals surface area contributed by atoms with Crippen LogP contribution in [-0.4, -0.2) is 38.6 Å². The first kappa shape index (κ1) is 23.6. The number of nitrogens with zero attached hydrogens (tertiary/aromatic N) is 2. The minimum atomic E-state index is -1.16. The van der Waals surface area contributed by atoms with Crippen molar-refractivity contribution in [1.82, 2.24) is 15.5 Å². The van der Waals surface area contributed by atoms with E-state index in [-0.39, 0.29) is 17.4 Å². The van der Waals surface area contributed by atoms with Gasteiger partial charge >= 0.3 is 6.09 Å². The van der Waals surface area contributed by atoms with Crippen LogP contribution in [0.25, 0.3) is 11.5 Å². The van der Waals surface area contributed by atoms with Crippen molar-refractivity contribution in [3.05, 3.63) is 23.8 Å². The molecule has 3 N–H and O–H groups in total. The predicted octanol–water partition coefficient (Wildman–Crippen LogP) is 4.27. The number of thioether (sulfide) groups is 1. The number of halogens is 1. The summed E-state index contributed by atoms with van der Waals surface area (Å²) in [5.41, 5.74) is -0.847. The molecule has 1 aromatic carbocycles. The number of anilines is 1. The van der Waals surface area contributed by atoms with Crippen LogP contribution in [0.5, 0.6) is 0 Å². The second-order valence-electron chi connectivity index (χ2n) is 9.02. The van der Waals surface area contributed by atoms with Gasteiger partial charge in [-0.15, -0.1) is 34.3 Å². The van der Waals surface area contributed by atoms with Crippen LogP contribution in [0.2, 0.25) is 0 Å². The minimum absolute atomic E-state index is 0.00256. The predicted molar refractivity (Wildman–Crippen MR) is 119 cm³/mol. The van der Waals surface area contributed by atoms with E-state index in [2.05, 4.69) is 26.8 Å². The molecule has 0 saturated heterocycles. The lowest BCUT2D eigenvalue weighted by Gasteiger charge is -2.28. The Bertz CT molecular complexity index is 1090. The molecule has 1 atom stereocenters. The number of amides is 2. The standard InChI is InChI=1S/C22H25FN4O4S/c1-6-7-21(2,3)19-27-26-18(31-19)13-8-15-16(9-14(13)23)32-11-12(17(28)24-15)10-22(4,5)25-20(29)30/h1,8-9,12,25H,7,10-11H2,2-5H3,(H,24,28)(H,29,30)/t12-/m0/s1. The summed E-state index contributed by atoms with van der Waals surface area (Å²) < 4.78 is 20.6. The Kier molecular flexibility index (Phi) is 6.51. The first-order chi connectivity index (χ1) is 14.9. The van der Waals surface area contributed by atoms with E-state index < -0.39 is 28.8 Å². The number of aromatic nitrogens is 2. The Labute approximate surface area is 189 Å². The molecule has 10 heteroatoms. The number of benzene rings is 1. The molecule has 0 aliphatic carbocycles. The Balaban J connectivity index is 1.86. The molecule has 1 aromatic heterocycles. The molecular weight excluding hydrogens is 435 g/mol. The third-order valence-corrected chi connectivity index (χ3v) is 6.34. The molecule has 1 aliphatic heterocycles. The first-order valence-electron chi connectivity index (χ1n) is 9.98. The minimum Gasteiger partial charge on any atom is -0.465 e. The fraction of sp³-hybridized carbons (Fsp3) is 0.455. The van der Waals surface area contributed by atoms with E-state index in [4.69, 9.17) is 15.9 Å². The molecule has 0 spiro atoms. The highest BCUT2D eigenvalue weighted by Crippen LogP contribution is 2.39. The number of carboxylic acid groups (broad SMARTS) is 1. The first-order valence-corrected chi connectivity index (χ1v) is 11.0. The molecule has 170 valence electrons. The maximum atomic E-state index is 14.9. The number of nitrogens with one attached hydrogen (secondary N) is 2. The summed E-state index contributed by atoms with van der Waals surface area (Å²) in [5.74, 6) is 1.94. The van der Waals surface area contributed by atoms with Gasteiger partial charge in [0.15, 0.2) is 0 Å². The third-order valence-electron chi connectivity index (χ3n) is 5.12. The van der Waals surface area contributed by atoms with Gasteiger partial charge in [-0.3, -0.25) is 4.79 Å². The second kappa shape index (κ2) is 8.82. The average molecular weight is 461 g/mol. The van der Waals surface area contributed by atoms with Crippen molar-refractivity contribution in [2.75, 3.05) is 11.1 Å². The van der Waals surface area contributed by atoms with Crippen molar-refractivity contribution in [3.63, 3.8) is 0 Å². The van der Waals surface area contributed by atoms with Crippen LogP contribution >= 0.6 is 11.8 Å². The van der Waals surface area contributed by atoms with Crippen molar-refractivity contribution in [1.29, 1.82) is 0 Å². The molecular formula is C22H25FN4O4S. The molecule has 2 heterocycles. The zero-order chi connectivity index (χ0) is 23.7. The Hall–Kier alpha value is -3.06. The van der Waals surface area contributed by atoms with E-state index in [0.717, 1.165) is 0 Å². The van der Waals surface area contributed by atoms with Gasteiger partial charge in [0.25, 0.3) is 5.89 Å². The van der Waals surface area contributed by atoms with Gasteiger partial charge in [-0.2, -0.15) is 0 Å². The van der Waals surface area contributed by atoms with E-state index in [0.29, 0.717) is 35.1 Å². The molecule has 3 rings (SSSR count). The summed E-state index contributed by atoms with van der Waals surface area (Å²) in [4.78, 5) is 24.4. The van der Waals surface area contributed by atoms with E-state index in [1.807, 2.05) is 13.8 Å². The summed E-state index contributed by atoms with van der Waals surface area (Å²) in [7, 11) is 0. The van der Waals surface area contributed by atoms with Gasteiger partial charge in [-0.25, -0.2) is 9.18 Å². The lowest BCUT2D eigenvalue weighted by molar-refractivity contribution is -0.119. The molecule has 0 fully saturated rings. The largest absolute Gasteiger partial charge is 0.465 e. The van der Waals surface area contributed by atoms with E-state index in [1.165, 1.54) is 23.9 Å². The summed E-state index contributed by atoms with van der Waals surface area (Å²) in [6, 6.07) is 2.80. The topological polar surface area (TPSA) is 117 Å². The van der Waals surface area contributed by atoms with Crippen LogP contribution < -0.4 is 10.6 Å². The molecule has 0 unspecified atom stereocenters. The van der Waals surface area contributed by atoms with Crippen LogP contribution in [-0.2, 0) is 10.2 Å². The summed E-state index contributed by atoms with van der Waals surface area (Å²) in [5, 5.41) is 22.2. The molecule has 0 radical (unpaired) electrons.